The average molecular weight is 381 g/mol. The van der Waals surface area contributed by atoms with Gasteiger partial charge < -0.3 is 24.5 Å². The monoisotopic (exact) mass is 381 g/mol. The van der Waals surface area contributed by atoms with E-state index in [0.717, 1.165) is 41.8 Å². The number of aliphatic imine (C=N–C) groups is 1. The number of aromatic nitrogens is 2. The number of methoxy groups -OCH3 is 1. The van der Waals surface area contributed by atoms with Gasteiger partial charge in [-0.25, -0.2) is 4.98 Å². The zero-order valence-electron chi connectivity index (χ0n) is 16.6. The summed E-state index contributed by atoms with van der Waals surface area (Å²) >= 11 is 0. The first-order valence-electron chi connectivity index (χ1n) is 9.36. The Balaban J connectivity index is 1.44. The Bertz CT molecular complexity index is 889. The van der Waals surface area contributed by atoms with E-state index < -0.39 is 0 Å². The van der Waals surface area contributed by atoms with Crippen LogP contribution >= 0.6 is 0 Å². The molecule has 1 unspecified atom stereocenters. The fourth-order valence-corrected chi connectivity index (χ4v) is 2.85. The summed E-state index contributed by atoms with van der Waals surface area (Å²) in [5.74, 6) is 2.19. The van der Waals surface area contributed by atoms with Crippen LogP contribution in [0.4, 0.5) is 0 Å². The number of benzene rings is 1. The number of pyridine rings is 1. The van der Waals surface area contributed by atoms with Crippen molar-refractivity contribution in [3.8, 4) is 11.5 Å². The predicted octanol–water partition coefficient (Wildman–Crippen LogP) is 2.52. The van der Waals surface area contributed by atoms with Crippen molar-refractivity contribution in [1.82, 2.24) is 20.0 Å². The third-order valence-corrected chi connectivity index (χ3v) is 4.27. The second kappa shape index (κ2) is 9.64. The zero-order chi connectivity index (χ0) is 19.8. The molecule has 0 aliphatic rings. The van der Waals surface area contributed by atoms with E-state index in [9.17, 15) is 0 Å². The third kappa shape index (κ3) is 5.16. The highest BCUT2D eigenvalue weighted by molar-refractivity contribution is 5.79. The summed E-state index contributed by atoms with van der Waals surface area (Å²) in [7, 11) is 3.39. The molecule has 3 aromatic rings. The number of nitrogens with one attached hydrogen (secondary N) is 2. The summed E-state index contributed by atoms with van der Waals surface area (Å²) in [4.78, 5) is 8.87. The van der Waals surface area contributed by atoms with Gasteiger partial charge in [-0.05, 0) is 31.2 Å². The van der Waals surface area contributed by atoms with E-state index in [1.165, 1.54) is 0 Å². The molecule has 7 nitrogen and oxygen atoms in total. The first-order chi connectivity index (χ1) is 13.7. The van der Waals surface area contributed by atoms with E-state index in [4.69, 9.17) is 9.47 Å². The largest absolute Gasteiger partial charge is 0.493 e. The molecular weight excluding hydrogens is 354 g/mol. The van der Waals surface area contributed by atoms with Crippen molar-refractivity contribution < 1.29 is 9.47 Å². The highest BCUT2D eigenvalue weighted by Crippen LogP contribution is 2.26. The van der Waals surface area contributed by atoms with Crippen LogP contribution < -0.4 is 20.1 Å². The number of imidazole rings is 1. The topological polar surface area (TPSA) is 72.2 Å². The first-order valence-corrected chi connectivity index (χ1v) is 9.36. The van der Waals surface area contributed by atoms with Crippen LogP contribution in [-0.4, -0.2) is 48.7 Å². The van der Waals surface area contributed by atoms with Crippen molar-refractivity contribution in [3.63, 3.8) is 0 Å². The Morgan fingerprint density at radius 3 is 2.68 bits per heavy atom. The van der Waals surface area contributed by atoms with Crippen molar-refractivity contribution in [2.45, 2.75) is 19.4 Å². The molecule has 0 spiro atoms. The van der Waals surface area contributed by atoms with Gasteiger partial charge in [0.05, 0.1) is 19.3 Å². The molecule has 1 atom stereocenters. The first kappa shape index (κ1) is 19.5. The second-order valence-corrected chi connectivity index (χ2v) is 6.41. The summed E-state index contributed by atoms with van der Waals surface area (Å²) in [5.41, 5.74) is 2.00. The van der Waals surface area contributed by atoms with Gasteiger partial charge in [0.25, 0.3) is 0 Å². The van der Waals surface area contributed by atoms with Crippen molar-refractivity contribution >= 4 is 11.6 Å². The lowest BCUT2D eigenvalue weighted by atomic mass is 10.3. The van der Waals surface area contributed by atoms with Gasteiger partial charge in [0, 0.05) is 32.4 Å². The molecule has 28 heavy (non-hydrogen) atoms. The van der Waals surface area contributed by atoms with Gasteiger partial charge in [0.15, 0.2) is 17.5 Å². The third-order valence-electron chi connectivity index (χ3n) is 4.27. The van der Waals surface area contributed by atoms with Crippen molar-refractivity contribution in [2.75, 3.05) is 27.2 Å². The van der Waals surface area contributed by atoms with Crippen LogP contribution in [0.5, 0.6) is 11.5 Å². The summed E-state index contributed by atoms with van der Waals surface area (Å²) in [6, 6.07) is 13.6. The molecule has 2 aromatic heterocycles. The zero-order valence-corrected chi connectivity index (χ0v) is 16.6. The smallest absolute Gasteiger partial charge is 0.191 e. The van der Waals surface area contributed by atoms with Gasteiger partial charge >= 0.3 is 0 Å². The molecule has 0 bridgehead atoms. The van der Waals surface area contributed by atoms with Gasteiger partial charge in [0.1, 0.15) is 11.8 Å². The van der Waals surface area contributed by atoms with Crippen LogP contribution in [0.3, 0.4) is 0 Å². The molecule has 2 heterocycles. The normalized spacial score (nSPS) is 12.6. The lowest BCUT2D eigenvalue weighted by Crippen LogP contribution is -2.42. The minimum atomic E-state index is -0.0479. The number of ether oxygens (including phenoxy) is 2. The molecule has 0 amide bonds. The van der Waals surface area contributed by atoms with Crippen LogP contribution in [-0.2, 0) is 6.42 Å². The van der Waals surface area contributed by atoms with Crippen molar-refractivity contribution in [2.24, 2.45) is 4.99 Å². The van der Waals surface area contributed by atoms with E-state index in [0.29, 0.717) is 6.54 Å². The maximum atomic E-state index is 5.96. The number of fused-ring (bicyclic) bond motifs is 1. The molecular formula is C21H27N5O2. The van der Waals surface area contributed by atoms with E-state index in [1.807, 2.05) is 60.0 Å². The second-order valence-electron chi connectivity index (χ2n) is 6.41. The van der Waals surface area contributed by atoms with Gasteiger partial charge in [-0.3, -0.25) is 4.99 Å². The average Bonchev–Trinajstić information content (AvgIpc) is 3.13. The standard InChI is InChI=1S/C21H27N5O2/c1-16(28-19-9-5-4-8-18(19)27-3)14-24-21(22-2)23-12-11-17-15-26-13-7-6-10-20(26)25-17/h4-10,13,15-16H,11-12,14H2,1-3H3,(H2,22,23,24). The van der Waals surface area contributed by atoms with E-state index in [1.54, 1.807) is 14.2 Å². The fraction of sp³-hybridized carbons (Fsp3) is 0.333. The number of rotatable bonds is 8. The summed E-state index contributed by atoms with van der Waals surface area (Å²) in [5, 5.41) is 6.60. The Morgan fingerprint density at radius 2 is 1.93 bits per heavy atom. The van der Waals surface area contributed by atoms with Crippen molar-refractivity contribution in [1.29, 1.82) is 0 Å². The molecule has 0 saturated carbocycles. The molecule has 2 N–H and O–H groups in total. The van der Waals surface area contributed by atoms with E-state index in [-0.39, 0.29) is 6.10 Å². The molecule has 3 rings (SSSR count). The fourth-order valence-electron chi connectivity index (χ4n) is 2.85. The molecule has 0 fully saturated rings. The Hall–Kier alpha value is -3.22. The van der Waals surface area contributed by atoms with Gasteiger partial charge in [-0.2, -0.15) is 0 Å². The molecule has 1 aromatic carbocycles. The lowest BCUT2D eigenvalue weighted by molar-refractivity contribution is 0.213. The van der Waals surface area contributed by atoms with Gasteiger partial charge in [-0.15, -0.1) is 0 Å². The van der Waals surface area contributed by atoms with Crippen LogP contribution in [0.1, 0.15) is 12.6 Å². The Morgan fingerprint density at radius 1 is 1.14 bits per heavy atom. The van der Waals surface area contributed by atoms with E-state index in [2.05, 4.69) is 26.8 Å². The lowest BCUT2D eigenvalue weighted by Gasteiger charge is -2.19. The summed E-state index contributed by atoms with van der Waals surface area (Å²) < 4.78 is 13.3. The number of hydrogen-bond donors (Lipinski definition) is 2. The molecule has 0 aliphatic heterocycles. The van der Waals surface area contributed by atoms with Gasteiger partial charge in [-0.1, -0.05) is 18.2 Å². The van der Waals surface area contributed by atoms with Crippen LogP contribution in [0, 0.1) is 0 Å². The van der Waals surface area contributed by atoms with Gasteiger partial charge in [0.2, 0.25) is 0 Å². The van der Waals surface area contributed by atoms with Crippen molar-refractivity contribution in [3.05, 3.63) is 60.6 Å². The number of hydrogen-bond acceptors (Lipinski definition) is 4. The molecule has 148 valence electrons. The number of nitrogens with zero attached hydrogens (tertiary/aromatic N) is 3. The van der Waals surface area contributed by atoms with Crippen LogP contribution in [0.15, 0.2) is 59.9 Å². The van der Waals surface area contributed by atoms with Crippen LogP contribution in [0.2, 0.25) is 0 Å². The quantitative estimate of drug-likeness (QED) is 0.463. The maximum Gasteiger partial charge on any atom is 0.191 e. The minimum Gasteiger partial charge on any atom is -0.493 e. The molecule has 0 saturated heterocycles. The molecule has 0 aliphatic carbocycles. The SMILES string of the molecule is CN=C(NCCc1cn2ccccc2n1)NCC(C)Oc1ccccc1OC. The minimum absolute atomic E-state index is 0.0479. The summed E-state index contributed by atoms with van der Waals surface area (Å²) in [6.45, 7) is 3.36. The molecule has 0 radical (unpaired) electrons. The Labute approximate surface area is 165 Å². The summed E-state index contributed by atoms with van der Waals surface area (Å²) in [6.07, 6.45) is 4.82. The highest BCUT2D eigenvalue weighted by Gasteiger charge is 2.09. The van der Waals surface area contributed by atoms with Crippen LogP contribution in [0.25, 0.3) is 5.65 Å². The molecule has 7 heteroatoms. The van der Waals surface area contributed by atoms with E-state index >= 15 is 0 Å². The predicted molar refractivity (Wildman–Crippen MR) is 111 cm³/mol. The number of guanidine groups is 1. The Kier molecular flexibility index (Phi) is 6.73. The highest BCUT2D eigenvalue weighted by atomic mass is 16.5. The number of para-hydroxylation sites is 2. The maximum absolute atomic E-state index is 5.96.